The van der Waals surface area contributed by atoms with Gasteiger partial charge in [0, 0.05) is 13.2 Å². The molecular formula is C14H18N4O. The van der Waals surface area contributed by atoms with E-state index < -0.39 is 0 Å². The van der Waals surface area contributed by atoms with Gasteiger partial charge in [-0.1, -0.05) is 30.3 Å². The van der Waals surface area contributed by atoms with Gasteiger partial charge < -0.3 is 10.1 Å². The molecule has 0 saturated heterocycles. The Bertz CT molecular complexity index is 552. The van der Waals surface area contributed by atoms with Crippen LogP contribution >= 0.6 is 0 Å². The molecule has 0 aliphatic carbocycles. The van der Waals surface area contributed by atoms with Gasteiger partial charge in [0.05, 0.1) is 6.04 Å². The van der Waals surface area contributed by atoms with Gasteiger partial charge in [-0.2, -0.15) is 10.1 Å². The Morgan fingerprint density at radius 3 is 2.89 bits per heavy atom. The zero-order valence-electron chi connectivity index (χ0n) is 11.2. The highest BCUT2D eigenvalue weighted by Crippen LogP contribution is 2.30. The van der Waals surface area contributed by atoms with Gasteiger partial charge >= 0.3 is 0 Å². The maximum atomic E-state index is 5.11. The van der Waals surface area contributed by atoms with E-state index in [1.54, 1.807) is 7.11 Å². The first-order valence-electron chi connectivity index (χ1n) is 6.53. The molecule has 2 atom stereocenters. The minimum atomic E-state index is 0.241. The summed E-state index contributed by atoms with van der Waals surface area (Å²) >= 11 is 0. The Hall–Kier alpha value is -1.88. The lowest BCUT2D eigenvalue weighted by atomic mass is 9.99. The number of nitrogens with one attached hydrogen (secondary N) is 1. The van der Waals surface area contributed by atoms with Crippen molar-refractivity contribution in [1.82, 2.24) is 14.8 Å². The predicted molar refractivity (Wildman–Crippen MR) is 73.0 cm³/mol. The number of hydrogen-bond donors (Lipinski definition) is 1. The fraction of sp³-hybridized carbons (Fsp3) is 0.429. The van der Waals surface area contributed by atoms with Crippen LogP contribution in [-0.2, 0) is 11.3 Å². The molecule has 3 rings (SSSR count). The van der Waals surface area contributed by atoms with Crippen molar-refractivity contribution in [2.24, 2.45) is 0 Å². The summed E-state index contributed by atoms with van der Waals surface area (Å²) in [5.41, 5.74) is 1.27. The van der Waals surface area contributed by atoms with E-state index in [2.05, 4.69) is 46.6 Å². The van der Waals surface area contributed by atoms with Crippen molar-refractivity contribution in [3.8, 4) is 0 Å². The number of rotatable bonds is 3. The van der Waals surface area contributed by atoms with Gasteiger partial charge in [-0.25, -0.2) is 4.68 Å². The molecule has 0 radical (unpaired) electrons. The highest BCUT2D eigenvalue weighted by atomic mass is 16.5. The zero-order chi connectivity index (χ0) is 13.2. The Labute approximate surface area is 112 Å². The second-order valence-corrected chi connectivity index (χ2v) is 4.94. The van der Waals surface area contributed by atoms with Gasteiger partial charge in [-0.05, 0) is 18.9 Å². The van der Waals surface area contributed by atoms with E-state index in [-0.39, 0.29) is 6.04 Å². The minimum Gasteiger partial charge on any atom is -0.377 e. The van der Waals surface area contributed by atoms with Crippen molar-refractivity contribution in [2.75, 3.05) is 12.4 Å². The standard InChI is InChI=1S/C14H18N4O/c1-10-8-12(11-6-4-3-5-7-11)18-14(15-10)16-13(17-18)9-19-2/h3-7,10,12H,8-9H2,1-2H3,(H,15,16,17)/t10-,12-/m1/s1. The summed E-state index contributed by atoms with van der Waals surface area (Å²) in [4.78, 5) is 4.48. The first kappa shape index (κ1) is 12.2. The van der Waals surface area contributed by atoms with Gasteiger partial charge in [0.2, 0.25) is 5.95 Å². The summed E-state index contributed by atoms with van der Waals surface area (Å²) in [6.45, 7) is 2.61. The molecule has 0 amide bonds. The monoisotopic (exact) mass is 258 g/mol. The molecule has 1 aliphatic rings. The van der Waals surface area contributed by atoms with E-state index in [0.717, 1.165) is 18.2 Å². The Balaban J connectivity index is 1.99. The maximum Gasteiger partial charge on any atom is 0.222 e. The van der Waals surface area contributed by atoms with Gasteiger partial charge in [0.1, 0.15) is 6.61 Å². The van der Waals surface area contributed by atoms with Crippen LogP contribution in [0.3, 0.4) is 0 Å². The molecule has 5 nitrogen and oxygen atoms in total. The Morgan fingerprint density at radius 1 is 1.37 bits per heavy atom. The number of anilines is 1. The first-order valence-corrected chi connectivity index (χ1v) is 6.53. The van der Waals surface area contributed by atoms with Crippen LogP contribution in [-0.4, -0.2) is 27.9 Å². The van der Waals surface area contributed by atoms with E-state index in [9.17, 15) is 0 Å². The largest absolute Gasteiger partial charge is 0.377 e. The lowest BCUT2D eigenvalue weighted by molar-refractivity contribution is 0.177. The van der Waals surface area contributed by atoms with Gasteiger partial charge in [0.15, 0.2) is 5.82 Å². The fourth-order valence-corrected chi connectivity index (χ4v) is 2.54. The summed E-state index contributed by atoms with van der Waals surface area (Å²) in [5.74, 6) is 1.56. The highest BCUT2D eigenvalue weighted by molar-refractivity contribution is 5.34. The van der Waals surface area contributed by atoms with Crippen molar-refractivity contribution in [2.45, 2.75) is 32.0 Å². The molecule has 0 saturated carbocycles. The van der Waals surface area contributed by atoms with E-state index in [4.69, 9.17) is 4.74 Å². The van der Waals surface area contributed by atoms with E-state index in [1.807, 2.05) is 10.7 Å². The van der Waals surface area contributed by atoms with Crippen molar-refractivity contribution >= 4 is 5.95 Å². The number of hydrogen-bond acceptors (Lipinski definition) is 4. The van der Waals surface area contributed by atoms with Crippen LogP contribution in [0.15, 0.2) is 30.3 Å². The summed E-state index contributed by atoms with van der Waals surface area (Å²) in [6.07, 6.45) is 1.01. The molecule has 2 heterocycles. The zero-order valence-corrected chi connectivity index (χ0v) is 11.2. The molecule has 2 aromatic rings. The lowest BCUT2D eigenvalue weighted by Crippen LogP contribution is -2.31. The number of methoxy groups -OCH3 is 1. The third kappa shape index (κ3) is 2.33. The number of ether oxygens (including phenoxy) is 1. The predicted octanol–water partition coefficient (Wildman–Crippen LogP) is 2.22. The topological polar surface area (TPSA) is 52.0 Å². The van der Waals surface area contributed by atoms with Crippen molar-refractivity contribution in [1.29, 1.82) is 0 Å². The smallest absolute Gasteiger partial charge is 0.222 e. The molecule has 19 heavy (non-hydrogen) atoms. The third-order valence-corrected chi connectivity index (χ3v) is 3.38. The minimum absolute atomic E-state index is 0.241. The number of benzene rings is 1. The van der Waals surface area contributed by atoms with Crippen LogP contribution < -0.4 is 5.32 Å². The number of aromatic nitrogens is 3. The fourth-order valence-electron chi connectivity index (χ4n) is 2.54. The van der Waals surface area contributed by atoms with Crippen LogP contribution in [0.25, 0.3) is 0 Å². The second-order valence-electron chi connectivity index (χ2n) is 4.94. The quantitative estimate of drug-likeness (QED) is 0.917. The summed E-state index contributed by atoms with van der Waals surface area (Å²) in [6, 6.07) is 11.1. The van der Waals surface area contributed by atoms with Gasteiger partial charge in [-0.3, -0.25) is 0 Å². The van der Waals surface area contributed by atoms with Gasteiger partial charge in [0.25, 0.3) is 0 Å². The number of nitrogens with zero attached hydrogens (tertiary/aromatic N) is 3. The summed E-state index contributed by atoms with van der Waals surface area (Å²) in [7, 11) is 1.66. The van der Waals surface area contributed by atoms with E-state index in [0.29, 0.717) is 12.6 Å². The first-order chi connectivity index (χ1) is 9.28. The molecular weight excluding hydrogens is 240 g/mol. The van der Waals surface area contributed by atoms with Crippen LogP contribution in [0.5, 0.6) is 0 Å². The Kier molecular flexibility index (Phi) is 3.21. The molecule has 0 fully saturated rings. The van der Waals surface area contributed by atoms with Crippen LogP contribution in [0.1, 0.15) is 30.8 Å². The third-order valence-electron chi connectivity index (χ3n) is 3.38. The average molecular weight is 258 g/mol. The molecule has 1 aromatic carbocycles. The van der Waals surface area contributed by atoms with Crippen LogP contribution in [0.4, 0.5) is 5.95 Å². The molecule has 5 heteroatoms. The molecule has 0 bridgehead atoms. The normalized spacial score (nSPS) is 21.8. The van der Waals surface area contributed by atoms with Crippen LogP contribution in [0.2, 0.25) is 0 Å². The maximum absolute atomic E-state index is 5.11. The van der Waals surface area contributed by atoms with Gasteiger partial charge in [-0.15, -0.1) is 0 Å². The van der Waals surface area contributed by atoms with Crippen molar-refractivity contribution in [3.05, 3.63) is 41.7 Å². The molecule has 0 spiro atoms. The molecule has 1 aromatic heterocycles. The molecule has 1 N–H and O–H groups in total. The molecule has 100 valence electrons. The number of fused-ring (bicyclic) bond motifs is 1. The average Bonchev–Trinajstić information content (AvgIpc) is 2.81. The molecule has 1 aliphatic heterocycles. The molecule has 0 unspecified atom stereocenters. The second kappa shape index (κ2) is 5.01. The summed E-state index contributed by atoms with van der Waals surface area (Å²) < 4.78 is 7.08. The van der Waals surface area contributed by atoms with E-state index in [1.165, 1.54) is 5.56 Å². The van der Waals surface area contributed by atoms with E-state index >= 15 is 0 Å². The van der Waals surface area contributed by atoms with Crippen molar-refractivity contribution in [3.63, 3.8) is 0 Å². The van der Waals surface area contributed by atoms with Crippen LogP contribution in [0, 0.1) is 0 Å². The SMILES string of the molecule is COCc1nc2n(n1)[C@@H](c1ccccc1)C[C@@H](C)N2. The highest BCUT2D eigenvalue weighted by Gasteiger charge is 2.27. The summed E-state index contributed by atoms with van der Waals surface area (Å²) in [5, 5.41) is 7.92. The Morgan fingerprint density at radius 2 is 2.16 bits per heavy atom. The lowest BCUT2D eigenvalue weighted by Gasteiger charge is -2.29. The van der Waals surface area contributed by atoms with Crippen molar-refractivity contribution < 1.29 is 4.74 Å².